The fraction of sp³-hybridized carbons (Fsp3) is 0.167. The van der Waals surface area contributed by atoms with Gasteiger partial charge < -0.3 is 17.1 Å². The van der Waals surface area contributed by atoms with E-state index in [1.165, 1.54) is 0 Å². The van der Waals surface area contributed by atoms with Gasteiger partial charge in [0.1, 0.15) is 5.88 Å². The zero-order chi connectivity index (χ0) is 5.82. The van der Waals surface area contributed by atoms with Crippen molar-refractivity contribution >= 4 is 23.1 Å². The van der Waals surface area contributed by atoms with Crippen molar-refractivity contribution in [3.8, 4) is 5.88 Å². The van der Waals surface area contributed by atoms with Crippen LogP contribution in [0.15, 0.2) is 18.3 Å². The molecule has 0 aliphatic carbocycles. The Morgan fingerprint density at radius 2 is 2.30 bits per heavy atom. The molecule has 4 heteroatoms. The maximum absolute atomic E-state index is 4.78. The molecule has 1 rings (SSSR count). The van der Waals surface area contributed by atoms with Gasteiger partial charge in [-0.1, -0.05) is 6.20 Å². The van der Waals surface area contributed by atoms with E-state index in [1.807, 2.05) is 0 Å². The van der Waals surface area contributed by atoms with Gasteiger partial charge in [0.15, 0.2) is 0 Å². The maximum atomic E-state index is 4.78. The van der Waals surface area contributed by atoms with E-state index >= 15 is 0 Å². The van der Waals surface area contributed by atoms with Gasteiger partial charge in [-0.25, -0.2) is 12.1 Å². The SMILES string of the molecule is COc1cc[c-]cn1.[Cl-].[Mg+2]. The molecule has 0 N–H and O–H groups in total. The Balaban J connectivity index is 0. The number of nitrogens with zero attached hydrogens (tertiary/aromatic N) is 1. The van der Waals surface area contributed by atoms with Crippen molar-refractivity contribution in [3.05, 3.63) is 24.4 Å². The Bertz CT molecular complexity index is 159. The van der Waals surface area contributed by atoms with Crippen molar-refractivity contribution in [1.82, 2.24) is 4.98 Å². The second-order valence-electron chi connectivity index (χ2n) is 1.30. The first-order valence-corrected chi connectivity index (χ1v) is 2.29. The minimum absolute atomic E-state index is 0. The first-order valence-electron chi connectivity index (χ1n) is 2.29. The predicted octanol–water partition coefficient (Wildman–Crippen LogP) is -2.49. The number of hydrogen-bond acceptors (Lipinski definition) is 2. The molecule has 0 fully saturated rings. The van der Waals surface area contributed by atoms with Crippen molar-refractivity contribution in [2.45, 2.75) is 0 Å². The van der Waals surface area contributed by atoms with Crippen LogP contribution >= 0.6 is 0 Å². The molecule has 0 bridgehead atoms. The van der Waals surface area contributed by atoms with Crippen molar-refractivity contribution in [2.75, 3.05) is 7.11 Å². The van der Waals surface area contributed by atoms with Crippen molar-refractivity contribution in [2.24, 2.45) is 0 Å². The molecule has 0 saturated heterocycles. The topological polar surface area (TPSA) is 22.1 Å². The first-order chi connectivity index (χ1) is 3.93. The van der Waals surface area contributed by atoms with Crippen LogP contribution in [0.3, 0.4) is 0 Å². The standard InChI is InChI=1S/C6H6NO.ClH.Mg/c1-8-6-4-2-3-5-7-6;;/h2,4-5H,1H3;1H;/q-1;;+2/p-1. The Hall–Kier alpha value is 0.00623. The summed E-state index contributed by atoms with van der Waals surface area (Å²) in [6.45, 7) is 0. The van der Waals surface area contributed by atoms with Crippen molar-refractivity contribution in [1.29, 1.82) is 0 Å². The van der Waals surface area contributed by atoms with Gasteiger partial charge in [-0.05, 0) is 0 Å². The molecule has 10 heavy (non-hydrogen) atoms. The minimum atomic E-state index is 0. The van der Waals surface area contributed by atoms with E-state index in [4.69, 9.17) is 4.74 Å². The molecule has 50 valence electrons. The molecule has 1 heterocycles. The van der Waals surface area contributed by atoms with E-state index in [0.29, 0.717) is 5.88 Å². The van der Waals surface area contributed by atoms with E-state index in [9.17, 15) is 0 Å². The van der Waals surface area contributed by atoms with Crippen LogP contribution in [0.4, 0.5) is 0 Å². The summed E-state index contributed by atoms with van der Waals surface area (Å²) < 4.78 is 4.78. The summed E-state index contributed by atoms with van der Waals surface area (Å²) in [6, 6.07) is 6.28. The third kappa shape index (κ3) is 3.93. The molecule has 0 spiro atoms. The monoisotopic (exact) mass is 167 g/mol. The number of pyridine rings is 1. The molecular weight excluding hydrogens is 162 g/mol. The molecule has 0 radical (unpaired) electrons. The summed E-state index contributed by atoms with van der Waals surface area (Å²) in [7, 11) is 1.59. The zero-order valence-corrected chi connectivity index (χ0v) is 7.84. The molecule has 0 aliphatic rings. The summed E-state index contributed by atoms with van der Waals surface area (Å²) in [5.74, 6) is 0.628. The Morgan fingerprint density at radius 1 is 1.60 bits per heavy atom. The molecule has 2 nitrogen and oxygen atoms in total. The van der Waals surface area contributed by atoms with Gasteiger partial charge >= 0.3 is 23.1 Å². The zero-order valence-electron chi connectivity index (χ0n) is 5.67. The Labute approximate surface area is 82.6 Å². The molecule has 0 amide bonds. The van der Waals surface area contributed by atoms with Gasteiger partial charge in [-0.3, -0.25) is 4.98 Å². The second kappa shape index (κ2) is 7.12. The second-order valence-corrected chi connectivity index (χ2v) is 1.30. The summed E-state index contributed by atoms with van der Waals surface area (Å²) in [4.78, 5) is 3.82. The van der Waals surface area contributed by atoms with Crippen LogP contribution < -0.4 is 17.1 Å². The molecule has 1 aromatic rings. The smallest absolute Gasteiger partial charge is 1.00 e. The van der Waals surface area contributed by atoms with E-state index in [1.54, 1.807) is 25.4 Å². The molecule has 0 aromatic carbocycles. The number of halogens is 1. The van der Waals surface area contributed by atoms with Crippen LogP contribution in [0.25, 0.3) is 0 Å². The van der Waals surface area contributed by atoms with Crippen LogP contribution in [0, 0.1) is 6.07 Å². The van der Waals surface area contributed by atoms with E-state index in [-0.39, 0.29) is 35.5 Å². The van der Waals surface area contributed by atoms with Gasteiger partial charge in [-0.15, -0.1) is 6.07 Å². The van der Waals surface area contributed by atoms with Crippen molar-refractivity contribution in [3.63, 3.8) is 0 Å². The number of methoxy groups -OCH3 is 1. The minimum Gasteiger partial charge on any atom is -1.00 e. The predicted molar refractivity (Wildman–Crippen MR) is 35.4 cm³/mol. The summed E-state index contributed by atoms with van der Waals surface area (Å²) in [5, 5.41) is 0. The van der Waals surface area contributed by atoms with E-state index in [2.05, 4.69) is 11.1 Å². The average Bonchev–Trinajstić information content (AvgIpc) is 1.90. The first kappa shape index (κ1) is 12.7. The molecule has 1 aromatic heterocycles. The fourth-order valence-electron chi connectivity index (χ4n) is 0.427. The third-order valence-electron chi connectivity index (χ3n) is 0.798. The van der Waals surface area contributed by atoms with Gasteiger partial charge in [0.05, 0.1) is 7.11 Å². The van der Waals surface area contributed by atoms with Gasteiger partial charge in [-0.2, -0.15) is 0 Å². The fourth-order valence-corrected chi connectivity index (χ4v) is 0.427. The molecule has 0 aliphatic heterocycles. The number of aromatic nitrogens is 1. The average molecular weight is 168 g/mol. The van der Waals surface area contributed by atoms with Crippen LogP contribution in [0.5, 0.6) is 5.88 Å². The number of rotatable bonds is 1. The van der Waals surface area contributed by atoms with Crippen LogP contribution in [-0.2, 0) is 0 Å². The van der Waals surface area contributed by atoms with Gasteiger partial charge in [0.25, 0.3) is 0 Å². The third-order valence-corrected chi connectivity index (χ3v) is 0.798. The van der Waals surface area contributed by atoms with E-state index in [0.717, 1.165) is 0 Å². The molecule has 0 saturated carbocycles. The summed E-state index contributed by atoms with van der Waals surface area (Å²) >= 11 is 0. The normalized spacial score (nSPS) is 6.90. The molecule has 0 atom stereocenters. The van der Waals surface area contributed by atoms with E-state index < -0.39 is 0 Å². The molecule has 0 unspecified atom stereocenters. The summed E-state index contributed by atoms with van der Waals surface area (Å²) in [5.41, 5.74) is 0. The van der Waals surface area contributed by atoms with Crippen molar-refractivity contribution < 1.29 is 17.1 Å². The maximum Gasteiger partial charge on any atom is 2.00 e. The van der Waals surface area contributed by atoms with Crippen LogP contribution in [0.1, 0.15) is 0 Å². The quantitative estimate of drug-likeness (QED) is 0.342. The van der Waals surface area contributed by atoms with Crippen LogP contribution in [-0.4, -0.2) is 35.1 Å². The molecular formula is C6H6ClMgNO. The number of hydrogen-bond donors (Lipinski definition) is 0. The largest absolute Gasteiger partial charge is 2.00 e. The van der Waals surface area contributed by atoms with Crippen LogP contribution in [0.2, 0.25) is 0 Å². The van der Waals surface area contributed by atoms with Gasteiger partial charge in [0.2, 0.25) is 0 Å². The summed E-state index contributed by atoms with van der Waals surface area (Å²) in [6.07, 6.45) is 1.57. The Kier molecular flexibility index (Phi) is 9.01. The number of ether oxygens (including phenoxy) is 1. The van der Waals surface area contributed by atoms with Gasteiger partial charge in [0, 0.05) is 0 Å². The Morgan fingerprint density at radius 3 is 2.60 bits per heavy atom.